The van der Waals surface area contributed by atoms with E-state index in [9.17, 15) is 4.79 Å². The smallest absolute Gasteiger partial charge is 0.241 e. The van der Waals surface area contributed by atoms with Crippen molar-refractivity contribution in [2.75, 3.05) is 5.32 Å². The molecule has 4 heteroatoms. The van der Waals surface area contributed by atoms with Crippen molar-refractivity contribution in [1.82, 2.24) is 4.90 Å². The summed E-state index contributed by atoms with van der Waals surface area (Å²) in [5, 5.41) is 3.00. The minimum Gasteiger partial charge on any atom is -0.326 e. The lowest BCUT2D eigenvalue weighted by Gasteiger charge is -2.31. The topological polar surface area (TPSA) is 58.4 Å². The summed E-state index contributed by atoms with van der Waals surface area (Å²) < 4.78 is 0. The Balaban J connectivity index is 2.03. The second kappa shape index (κ2) is 6.37. The molecule has 3 atom stereocenters. The molecular weight excluding hydrogens is 250 g/mol. The molecule has 3 N–H and O–H groups in total. The molecule has 2 rings (SSSR count). The predicted molar refractivity (Wildman–Crippen MR) is 82.4 cm³/mol. The fourth-order valence-corrected chi connectivity index (χ4v) is 3.14. The number of benzene rings is 1. The maximum Gasteiger partial charge on any atom is 0.241 e. The van der Waals surface area contributed by atoms with Crippen molar-refractivity contribution >= 4 is 11.6 Å². The first-order valence-corrected chi connectivity index (χ1v) is 7.40. The molecule has 1 aliphatic rings. The zero-order chi connectivity index (χ0) is 14.7. The highest BCUT2D eigenvalue weighted by Crippen LogP contribution is 2.26. The van der Waals surface area contributed by atoms with E-state index in [1.165, 1.54) is 12.8 Å². The normalized spacial score (nSPS) is 24.6. The summed E-state index contributed by atoms with van der Waals surface area (Å²) in [6, 6.07) is 8.56. The van der Waals surface area contributed by atoms with Crippen LogP contribution in [0.5, 0.6) is 0 Å². The van der Waals surface area contributed by atoms with Gasteiger partial charge in [-0.1, -0.05) is 12.1 Å². The standard InChI is InChI=1S/C16H25N3O/c1-11-7-8-12(2)19(11)13(3)16(20)18-15-6-4-5-14(9-15)10-17/h4-6,9,11-13H,7-8,10,17H2,1-3H3,(H,18,20). The van der Waals surface area contributed by atoms with Gasteiger partial charge < -0.3 is 11.1 Å². The number of nitrogens with two attached hydrogens (primary N) is 1. The summed E-state index contributed by atoms with van der Waals surface area (Å²) in [7, 11) is 0. The van der Waals surface area contributed by atoms with Crippen molar-refractivity contribution in [3.8, 4) is 0 Å². The van der Waals surface area contributed by atoms with Crippen molar-refractivity contribution < 1.29 is 4.79 Å². The van der Waals surface area contributed by atoms with Crippen LogP contribution in [0, 0.1) is 0 Å². The number of amides is 1. The molecule has 1 heterocycles. The third-order valence-electron chi connectivity index (χ3n) is 4.28. The lowest BCUT2D eigenvalue weighted by atomic mass is 10.1. The molecule has 1 amide bonds. The highest BCUT2D eigenvalue weighted by molar-refractivity contribution is 5.94. The number of carbonyl (C=O) groups excluding carboxylic acids is 1. The lowest BCUT2D eigenvalue weighted by molar-refractivity contribution is -0.121. The van der Waals surface area contributed by atoms with Crippen LogP contribution in [0.3, 0.4) is 0 Å². The Bertz CT molecular complexity index is 465. The van der Waals surface area contributed by atoms with E-state index in [0.29, 0.717) is 18.6 Å². The summed E-state index contributed by atoms with van der Waals surface area (Å²) in [6.45, 7) is 6.87. The number of nitrogens with one attached hydrogen (secondary N) is 1. The summed E-state index contributed by atoms with van der Waals surface area (Å²) in [6.07, 6.45) is 2.34. The van der Waals surface area contributed by atoms with Crippen LogP contribution in [-0.4, -0.2) is 28.9 Å². The molecule has 1 saturated heterocycles. The van der Waals surface area contributed by atoms with Gasteiger partial charge in [0.1, 0.15) is 0 Å². The molecule has 1 fully saturated rings. The molecule has 3 unspecified atom stereocenters. The van der Waals surface area contributed by atoms with E-state index in [2.05, 4.69) is 24.1 Å². The Morgan fingerprint density at radius 3 is 2.65 bits per heavy atom. The average Bonchev–Trinajstić information content (AvgIpc) is 2.77. The van der Waals surface area contributed by atoms with Gasteiger partial charge >= 0.3 is 0 Å². The zero-order valence-electron chi connectivity index (χ0n) is 12.6. The van der Waals surface area contributed by atoms with E-state index in [1.54, 1.807) is 0 Å². The molecule has 0 aliphatic carbocycles. The first-order chi connectivity index (χ1) is 9.52. The van der Waals surface area contributed by atoms with Gasteiger partial charge in [-0.25, -0.2) is 0 Å². The van der Waals surface area contributed by atoms with Gasteiger partial charge in [-0.15, -0.1) is 0 Å². The predicted octanol–water partition coefficient (Wildman–Crippen LogP) is 2.35. The lowest BCUT2D eigenvalue weighted by Crippen LogP contribution is -2.46. The summed E-state index contributed by atoms with van der Waals surface area (Å²) >= 11 is 0. The Morgan fingerprint density at radius 1 is 1.40 bits per heavy atom. The molecule has 4 nitrogen and oxygen atoms in total. The summed E-state index contributed by atoms with van der Waals surface area (Å²) in [4.78, 5) is 14.7. The van der Waals surface area contributed by atoms with Gasteiger partial charge in [0.15, 0.2) is 0 Å². The molecule has 0 bridgehead atoms. The van der Waals surface area contributed by atoms with E-state index in [4.69, 9.17) is 5.73 Å². The fraction of sp³-hybridized carbons (Fsp3) is 0.562. The number of carbonyl (C=O) groups is 1. The molecule has 0 radical (unpaired) electrons. The highest BCUT2D eigenvalue weighted by Gasteiger charge is 2.34. The van der Waals surface area contributed by atoms with E-state index in [-0.39, 0.29) is 11.9 Å². The minimum absolute atomic E-state index is 0.0553. The van der Waals surface area contributed by atoms with Gasteiger partial charge in [-0.05, 0) is 51.3 Å². The Hall–Kier alpha value is -1.39. The van der Waals surface area contributed by atoms with Crippen LogP contribution >= 0.6 is 0 Å². The number of nitrogens with zero attached hydrogens (tertiary/aromatic N) is 1. The van der Waals surface area contributed by atoms with Crippen molar-refractivity contribution in [3.63, 3.8) is 0 Å². The monoisotopic (exact) mass is 275 g/mol. The maximum atomic E-state index is 12.4. The van der Waals surface area contributed by atoms with Gasteiger partial charge in [0, 0.05) is 24.3 Å². The Labute approximate surface area is 121 Å². The highest BCUT2D eigenvalue weighted by atomic mass is 16.2. The van der Waals surface area contributed by atoms with Gasteiger partial charge in [0.05, 0.1) is 6.04 Å². The SMILES string of the molecule is CC1CCC(C)N1C(C)C(=O)Nc1cccc(CN)c1. The molecule has 20 heavy (non-hydrogen) atoms. The van der Waals surface area contributed by atoms with Gasteiger partial charge in [-0.3, -0.25) is 9.69 Å². The first-order valence-electron chi connectivity index (χ1n) is 7.40. The molecular formula is C16H25N3O. The van der Waals surface area contributed by atoms with Crippen LogP contribution < -0.4 is 11.1 Å². The Morgan fingerprint density at radius 2 is 2.05 bits per heavy atom. The third-order valence-corrected chi connectivity index (χ3v) is 4.28. The molecule has 0 spiro atoms. The van der Waals surface area contributed by atoms with E-state index in [1.807, 2.05) is 31.2 Å². The van der Waals surface area contributed by atoms with Crippen LogP contribution in [0.4, 0.5) is 5.69 Å². The van der Waals surface area contributed by atoms with Gasteiger partial charge in [0.2, 0.25) is 5.91 Å². The molecule has 0 saturated carbocycles. The van der Waals surface area contributed by atoms with Gasteiger partial charge in [0.25, 0.3) is 0 Å². The Kier molecular flexibility index (Phi) is 4.78. The second-order valence-electron chi connectivity index (χ2n) is 5.79. The molecule has 1 aromatic carbocycles. The van der Waals surface area contributed by atoms with Crippen LogP contribution in [0.15, 0.2) is 24.3 Å². The largest absolute Gasteiger partial charge is 0.326 e. The number of hydrogen-bond donors (Lipinski definition) is 2. The van der Waals surface area contributed by atoms with Crippen LogP contribution in [0.25, 0.3) is 0 Å². The molecule has 1 aromatic rings. The van der Waals surface area contributed by atoms with E-state index < -0.39 is 0 Å². The number of anilines is 1. The quantitative estimate of drug-likeness (QED) is 0.886. The first kappa shape index (κ1) is 15.0. The van der Waals surface area contributed by atoms with Gasteiger partial charge in [-0.2, -0.15) is 0 Å². The van der Waals surface area contributed by atoms with Crippen molar-refractivity contribution in [2.45, 2.75) is 58.3 Å². The van der Waals surface area contributed by atoms with Crippen LogP contribution in [-0.2, 0) is 11.3 Å². The summed E-state index contributed by atoms with van der Waals surface area (Å²) in [5.41, 5.74) is 7.47. The molecule has 110 valence electrons. The minimum atomic E-state index is -0.107. The molecule has 1 aliphatic heterocycles. The molecule has 0 aromatic heterocycles. The van der Waals surface area contributed by atoms with Crippen LogP contribution in [0.1, 0.15) is 39.2 Å². The second-order valence-corrected chi connectivity index (χ2v) is 5.79. The average molecular weight is 275 g/mol. The fourth-order valence-electron chi connectivity index (χ4n) is 3.14. The van der Waals surface area contributed by atoms with E-state index in [0.717, 1.165) is 11.3 Å². The number of rotatable bonds is 4. The number of hydrogen-bond acceptors (Lipinski definition) is 3. The summed E-state index contributed by atoms with van der Waals surface area (Å²) in [5.74, 6) is 0.0553. The van der Waals surface area contributed by atoms with Crippen molar-refractivity contribution in [2.24, 2.45) is 5.73 Å². The third kappa shape index (κ3) is 3.19. The van der Waals surface area contributed by atoms with Crippen molar-refractivity contribution in [1.29, 1.82) is 0 Å². The zero-order valence-corrected chi connectivity index (χ0v) is 12.6. The maximum absolute atomic E-state index is 12.4. The number of likely N-dealkylation sites (tertiary alicyclic amines) is 1. The van der Waals surface area contributed by atoms with Crippen LogP contribution in [0.2, 0.25) is 0 Å². The van der Waals surface area contributed by atoms with Crippen molar-refractivity contribution in [3.05, 3.63) is 29.8 Å². The van der Waals surface area contributed by atoms with E-state index >= 15 is 0 Å².